The number of hydrogen-bond acceptors (Lipinski definition) is 5. The Bertz CT molecular complexity index is 1310. The first-order valence-electron chi connectivity index (χ1n) is 11.1. The summed E-state index contributed by atoms with van der Waals surface area (Å²) in [5, 5.41) is 14.8. The van der Waals surface area contributed by atoms with Crippen LogP contribution < -0.4 is 10.6 Å². The van der Waals surface area contributed by atoms with Crippen LogP contribution in [0.3, 0.4) is 0 Å². The molecule has 3 aromatic carbocycles. The molecule has 0 saturated carbocycles. The summed E-state index contributed by atoms with van der Waals surface area (Å²) in [6.07, 6.45) is 0.818. The van der Waals surface area contributed by atoms with E-state index in [0.717, 1.165) is 12.1 Å². The summed E-state index contributed by atoms with van der Waals surface area (Å²) in [7, 11) is 0. The Morgan fingerprint density at radius 3 is 2.40 bits per heavy atom. The second-order valence-electron chi connectivity index (χ2n) is 7.62. The molecular weight excluding hydrogens is 465 g/mol. The van der Waals surface area contributed by atoms with Crippen LogP contribution in [0, 0.1) is 5.82 Å². The lowest BCUT2D eigenvalue weighted by Crippen LogP contribution is -2.26. The molecule has 0 aliphatic carbocycles. The highest BCUT2D eigenvalue weighted by atomic mass is 32.2. The third kappa shape index (κ3) is 5.93. The van der Waals surface area contributed by atoms with Crippen LogP contribution in [0.4, 0.5) is 10.1 Å². The number of halogens is 1. The van der Waals surface area contributed by atoms with Crippen LogP contribution in [0.15, 0.2) is 84.0 Å². The van der Waals surface area contributed by atoms with Crippen LogP contribution >= 0.6 is 11.8 Å². The summed E-state index contributed by atoms with van der Waals surface area (Å²) in [5.41, 5.74) is 2.37. The van der Waals surface area contributed by atoms with Crippen LogP contribution in [0.25, 0.3) is 17.1 Å². The predicted molar refractivity (Wildman–Crippen MR) is 135 cm³/mol. The van der Waals surface area contributed by atoms with Gasteiger partial charge in [-0.05, 0) is 55.0 Å². The third-order valence-corrected chi connectivity index (χ3v) is 5.99. The number of para-hydroxylation sites is 2. The molecule has 4 rings (SSSR count). The Balaban J connectivity index is 1.53. The van der Waals surface area contributed by atoms with Crippen molar-refractivity contribution in [3.05, 3.63) is 90.2 Å². The van der Waals surface area contributed by atoms with Gasteiger partial charge in [-0.2, -0.15) is 0 Å². The molecule has 178 valence electrons. The summed E-state index contributed by atoms with van der Waals surface area (Å²) in [4.78, 5) is 25.2. The van der Waals surface area contributed by atoms with E-state index in [4.69, 9.17) is 0 Å². The average Bonchev–Trinajstić information content (AvgIpc) is 3.31. The second-order valence-corrected chi connectivity index (χ2v) is 8.56. The minimum absolute atomic E-state index is 0.0549. The zero-order valence-electron chi connectivity index (χ0n) is 19.1. The van der Waals surface area contributed by atoms with E-state index in [-0.39, 0.29) is 23.4 Å². The number of carbonyl (C=O) groups is 2. The fourth-order valence-electron chi connectivity index (χ4n) is 3.40. The lowest BCUT2D eigenvalue weighted by molar-refractivity contribution is -0.113. The molecule has 0 fully saturated rings. The van der Waals surface area contributed by atoms with Gasteiger partial charge in [0.1, 0.15) is 5.82 Å². The summed E-state index contributed by atoms with van der Waals surface area (Å²) in [6.45, 7) is 2.53. The maximum atomic E-state index is 13.4. The molecule has 0 aliphatic rings. The normalized spacial score (nSPS) is 10.7. The summed E-state index contributed by atoms with van der Waals surface area (Å²) in [5.74, 6) is -0.259. The second kappa shape index (κ2) is 11.4. The van der Waals surface area contributed by atoms with E-state index in [1.54, 1.807) is 36.4 Å². The van der Waals surface area contributed by atoms with E-state index >= 15 is 0 Å². The van der Waals surface area contributed by atoms with Crippen molar-refractivity contribution < 1.29 is 14.0 Å². The van der Waals surface area contributed by atoms with E-state index in [2.05, 4.69) is 20.8 Å². The van der Waals surface area contributed by atoms with Crippen LogP contribution in [0.2, 0.25) is 0 Å². The molecule has 4 aromatic rings. The number of amides is 2. The highest BCUT2D eigenvalue weighted by molar-refractivity contribution is 7.99. The van der Waals surface area contributed by atoms with E-state index < -0.39 is 0 Å². The van der Waals surface area contributed by atoms with Crippen LogP contribution in [-0.4, -0.2) is 38.9 Å². The fourth-order valence-corrected chi connectivity index (χ4v) is 4.15. The SMILES string of the molecule is CCCNC(=O)c1ccccc1NC(=O)CSc1nnc(-c2ccc(F)cc2)n1-c1ccccc1. The fraction of sp³-hybridized carbons (Fsp3) is 0.154. The Morgan fingerprint density at radius 1 is 0.943 bits per heavy atom. The Kier molecular flexibility index (Phi) is 7.89. The predicted octanol–water partition coefficient (Wildman–Crippen LogP) is 4.94. The van der Waals surface area contributed by atoms with Gasteiger partial charge in [0, 0.05) is 17.8 Å². The number of hydrogen-bond donors (Lipinski definition) is 2. The van der Waals surface area contributed by atoms with Gasteiger partial charge in [0.05, 0.1) is 17.0 Å². The van der Waals surface area contributed by atoms with Gasteiger partial charge in [-0.25, -0.2) is 4.39 Å². The van der Waals surface area contributed by atoms with Gasteiger partial charge < -0.3 is 10.6 Å². The molecule has 35 heavy (non-hydrogen) atoms. The van der Waals surface area contributed by atoms with Gasteiger partial charge in [0.25, 0.3) is 5.91 Å². The average molecular weight is 490 g/mol. The largest absolute Gasteiger partial charge is 0.352 e. The highest BCUT2D eigenvalue weighted by Gasteiger charge is 2.18. The molecular formula is C26H24FN5O2S. The third-order valence-electron chi connectivity index (χ3n) is 5.06. The van der Waals surface area contributed by atoms with E-state index in [9.17, 15) is 14.0 Å². The summed E-state index contributed by atoms with van der Waals surface area (Å²) in [6, 6.07) is 22.4. The van der Waals surface area contributed by atoms with E-state index in [0.29, 0.717) is 34.3 Å². The van der Waals surface area contributed by atoms with Crippen molar-refractivity contribution in [2.75, 3.05) is 17.6 Å². The molecule has 0 aliphatic heterocycles. The van der Waals surface area contributed by atoms with Gasteiger partial charge in [-0.3, -0.25) is 14.2 Å². The van der Waals surface area contributed by atoms with Crippen molar-refractivity contribution in [2.24, 2.45) is 0 Å². The molecule has 0 saturated heterocycles. The van der Waals surface area contributed by atoms with Crippen LogP contribution in [0.5, 0.6) is 0 Å². The van der Waals surface area contributed by atoms with Crippen molar-refractivity contribution in [1.82, 2.24) is 20.1 Å². The van der Waals surface area contributed by atoms with Crippen molar-refractivity contribution in [3.63, 3.8) is 0 Å². The lowest BCUT2D eigenvalue weighted by atomic mass is 10.1. The molecule has 0 radical (unpaired) electrons. The first-order chi connectivity index (χ1) is 17.1. The van der Waals surface area contributed by atoms with E-state index in [1.165, 1.54) is 23.9 Å². The standard InChI is InChI=1S/C26H24FN5O2S/c1-2-16-28-25(34)21-10-6-7-11-22(21)29-23(33)17-35-26-31-30-24(18-12-14-19(27)15-13-18)32(26)20-8-4-3-5-9-20/h3-15H,2,16-17H2,1H3,(H,28,34)(H,29,33). The molecule has 2 N–H and O–H groups in total. The molecule has 0 spiro atoms. The van der Waals surface area contributed by atoms with Crippen LogP contribution in [0.1, 0.15) is 23.7 Å². The van der Waals surface area contributed by atoms with Gasteiger partial charge in [0.15, 0.2) is 11.0 Å². The van der Waals surface area contributed by atoms with Crippen molar-refractivity contribution >= 4 is 29.3 Å². The molecule has 0 atom stereocenters. The van der Waals surface area contributed by atoms with Gasteiger partial charge in [-0.15, -0.1) is 10.2 Å². The summed E-state index contributed by atoms with van der Waals surface area (Å²) < 4.78 is 15.3. The zero-order chi connectivity index (χ0) is 24.6. The first kappa shape index (κ1) is 24.2. The summed E-state index contributed by atoms with van der Waals surface area (Å²) >= 11 is 1.22. The highest BCUT2D eigenvalue weighted by Crippen LogP contribution is 2.28. The number of rotatable bonds is 9. The minimum atomic E-state index is -0.338. The monoisotopic (exact) mass is 489 g/mol. The molecule has 0 unspecified atom stereocenters. The zero-order valence-corrected chi connectivity index (χ0v) is 19.9. The molecule has 9 heteroatoms. The number of carbonyl (C=O) groups excluding carboxylic acids is 2. The maximum Gasteiger partial charge on any atom is 0.253 e. The Morgan fingerprint density at radius 2 is 1.66 bits per heavy atom. The number of benzene rings is 3. The number of thioether (sulfide) groups is 1. The van der Waals surface area contributed by atoms with Crippen molar-refractivity contribution in [2.45, 2.75) is 18.5 Å². The van der Waals surface area contributed by atoms with Gasteiger partial charge in [0.2, 0.25) is 5.91 Å². The van der Waals surface area contributed by atoms with Crippen molar-refractivity contribution in [3.8, 4) is 17.1 Å². The number of aromatic nitrogens is 3. The maximum absolute atomic E-state index is 13.4. The molecule has 7 nitrogen and oxygen atoms in total. The molecule has 0 bridgehead atoms. The minimum Gasteiger partial charge on any atom is -0.352 e. The van der Waals surface area contributed by atoms with Gasteiger partial charge >= 0.3 is 0 Å². The molecule has 1 aromatic heterocycles. The molecule has 1 heterocycles. The Labute approximate surface area is 206 Å². The van der Waals surface area contributed by atoms with Gasteiger partial charge in [-0.1, -0.05) is 49.0 Å². The van der Waals surface area contributed by atoms with E-state index in [1.807, 2.05) is 41.8 Å². The Hall–Kier alpha value is -3.98. The smallest absolute Gasteiger partial charge is 0.253 e. The quantitative estimate of drug-likeness (QED) is 0.325. The number of nitrogens with zero attached hydrogens (tertiary/aromatic N) is 3. The molecule has 2 amide bonds. The van der Waals surface area contributed by atoms with Crippen molar-refractivity contribution in [1.29, 1.82) is 0 Å². The number of nitrogens with one attached hydrogen (secondary N) is 2. The van der Waals surface area contributed by atoms with Crippen LogP contribution in [-0.2, 0) is 4.79 Å². The lowest BCUT2D eigenvalue weighted by Gasteiger charge is -2.12. The topological polar surface area (TPSA) is 88.9 Å². The number of anilines is 1. The first-order valence-corrected chi connectivity index (χ1v) is 12.1.